The number of para-hydroxylation sites is 8. The highest BCUT2D eigenvalue weighted by atomic mass is 35.5. The molecule has 5 heterocycles. The maximum atomic E-state index is 6.58. The Hall–Kier alpha value is -17.0. The lowest BCUT2D eigenvalue weighted by Crippen LogP contribution is -2.09. The molecule has 0 fully saturated rings. The van der Waals surface area contributed by atoms with E-state index in [0.717, 1.165) is 145 Å². The summed E-state index contributed by atoms with van der Waals surface area (Å²) in [7, 11) is 0. The minimum Gasteiger partial charge on any atom is -0.456 e. The van der Waals surface area contributed by atoms with Gasteiger partial charge < -0.3 is 33.0 Å². The van der Waals surface area contributed by atoms with Crippen LogP contribution in [0.4, 0.5) is 68.2 Å². The first kappa shape index (κ1) is 90.6. The number of rotatable bonds is 17. The van der Waals surface area contributed by atoms with Gasteiger partial charge in [-0.3, -0.25) is 0 Å². The second-order valence-electron chi connectivity index (χ2n) is 35.6. The third-order valence-electron chi connectivity index (χ3n) is 26.5. The number of hydrogen-bond acceptors (Lipinski definition) is 8. The molecule has 0 N–H and O–H groups in total. The summed E-state index contributed by atoms with van der Waals surface area (Å²) in [6.07, 6.45) is 0. The van der Waals surface area contributed by atoms with E-state index >= 15 is 0 Å². The number of thiophene rings is 2. The molecule has 145 heavy (non-hydrogen) atoms. The SMILES string of the molecule is Clc1cc(-c2ccccc2)cc(-c2ccc3c(c2)sc2ccc(N(c4ccccc4)c4ccccc4)cc23)c1.Clc1ccc2c(c1)oc1ccc(N(c3ccccc3)c3ccc(-c4ccccc4)cc3)cc12.Clc1ccc2c(c1)oc1ccc(N(c3ccccc3)c3ccccc3)cc12.Clc1ccc2c(c1)sc1ccc(-c3ccc4c5ccc(N(c6ccccc6)c6ccccc6)cc5n(-c5ccccc5)c4c3)cc12. The molecule has 0 atom stereocenters. The molecule has 27 rings (SSSR count). The lowest BCUT2D eigenvalue weighted by atomic mass is 9.98. The highest BCUT2D eigenvalue weighted by Crippen LogP contribution is 2.49. The summed E-state index contributed by atoms with van der Waals surface area (Å²) in [5.41, 5.74) is 29.5. The van der Waals surface area contributed by atoms with Gasteiger partial charge in [-0.1, -0.05) is 307 Å². The minimum atomic E-state index is 0.672. The molecule has 0 spiro atoms. The van der Waals surface area contributed by atoms with Gasteiger partial charge in [-0.2, -0.15) is 0 Å². The van der Waals surface area contributed by atoms with E-state index in [4.69, 9.17) is 55.2 Å². The van der Waals surface area contributed by atoms with Crippen molar-refractivity contribution in [1.82, 2.24) is 4.57 Å². The molecule has 0 aliphatic rings. The molecule has 0 aliphatic heterocycles. The van der Waals surface area contributed by atoms with Crippen molar-refractivity contribution in [1.29, 1.82) is 0 Å². The maximum absolute atomic E-state index is 6.58. The summed E-state index contributed by atoms with van der Waals surface area (Å²) < 4.78 is 19.5. The van der Waals surface area contributed by atoms with Gasteiger partial charge in [0.05, 0.1) is 11.0 Å². The molecule has 0 saturated heterocycles. The Balaban J connectivity index is 0.000000106. The number of nitrogens with zero attached hydrogens (tertiary/aromatic N) is 5. The molecular weight excluding hydrogens is 1890 g/mol. The number of benzene rings is 22. The highest BCUT2D eigenvalue weighted by molar-refractivity contribution is 7.26. The van der Waals surface area contributed by atoms with Crippen LogP contribution in [-0.2, 0) is 0 Å². The summed E-state index contributed by atoms with van der Waals surface area (Å²) in [5.74, 6) is 0. The zero-order chi connectivity index (χ0) is 97.2. The molecule has 13 heteroatoms. The normalized spacial score (nSPS) is 11.3. The Morgan fingerprint density at radius 1 is 0.159 bits per heavy atom. The van der Waals surface area contributed by atoms with Crippen LogP contribution >= 0.6 is 69.1 Å². The van der Waals surface area contributed by atoms with Crippen molar-refractivity contribution in [3.05, 3.63) is 548 Å². The first-order chi connectivity index (χ1) is 71.5. The van der Waals surface area contributed by atoms with E-state index in [1.165, 1.54) is 90.0 Å². The van der Waals surface area contributed by atoms with Crippen LogP contribution in [0, 0.1) is 0 Å². The topological polar surface area (TPSA) is 44.2 Å². The van der Waals surface area contributed by atoms with Gasteiger partial charge in [-0.05, 0) is 299 Å². The third kappa shape index (κ3) is 18.6. The molecule has 0 radical (unpaired) electrons. The Bertz CT molecular complexity index is 9250. The van der Waals surface area contributed by atoms with Crippen LogP contribution in [0.1, 0.15) is 0 Å². The molecular formula is C132H87Cl4N5O2S2. The second-order valence-corrected chi connectivity index (χ2v) is 39.5. The van der Waals surface area contributed by atoms with Crippen molar-refractivity contribution in [3.8, 4) is 50.2 Å². The van der Waals surface area contributed by atoms with E-state index in [1.54, 1.807) is 11.3 Å². The quantitative estimate of drug-likeness (QED) is 0.0905. The Labute approximate surface area is 867 Å². The monoisotopic (exact) mass is 1980 g/mol. The van der Waals surface area contributed by atoms with E-state index < -0.39 is 0 Å². The van der Waals surface area contributed by atoms with Crippen molar-refractivity contribution < 1.29 is 8.83 Å². The van der Waals surface area contributed by atoms with Crippen LogP contribution in [0.25, 0.3) is 156 Å². The number of hydrogen-bond donors (Lipinski definition) is 0. The van der Waals surface area contributed by atoms with Crippen LogP contribution in [0.2, 0.25) is 20.1 Å². The van der Waals surface area contributed by atoms with Crippen molar-refractivity contribution in [2.45, 2.75) is 0 Å². The standard InChI is InChI=1S/C42H27ClN2S.C36H24ClNS.C30H20ClNO.C24H16ClNO/c43-30-18-21-37-38-24-28(17-23-41(38)46-42(37)26-30)29-16-20-35-36-22-19-34(27-40(36)45(39(35)25-29)33-14-8-3-9-15-33)44(31-10-4-1-5-11-31)32-12-6-2-7-13-32;37-29-21-27(25-10-4-1-5-11-25)20-28(22-29)26-16-18-33-34-24-32(17-19-35(34)39-36(33)23-26)38(30-12-6-2-7-13-30)31-14-8-3-9-15-31;31-23-13-17-27-28-20-26(16-18-29(28)33-30(27)19-23)32(24-9-5-2-6-10-24)25-14-11-22(12-15-25)21-7-3-1-4-8-21;25-17-11-13-21-22-16-20(12-14-23(22)27-24(21)15-17)26(18-7-3-1-4-8-18)19-9-5-2-6-10-19/h1-27H;1-24H;1-20H;1-16H. The van der Waals surface area contributed by atoms with Gasteiger partial charge in [0, 0.05) is 179 Å². The van der Waals surface area contributed by atoms with E-state index in [2.05, 4.69) is 461 Å². The van der Waals surface area contributed by atoms with Gasteiger partial charge in [0.1, 0.15) is 22.3 Å². The van der Waals surface area contributed by atoms with Gasteiger partial charge >= 0.3 is 0 Å². The lowest BCUT2D eigenvalue weighted by Gasteiger charge is -2.25. The van der Waals surface area contributed by atoms with Crippen molar-refractivity contribution in [2.75, 3.05) is 19.6 Å². The highest BCUT2D eigenvalue weighted by Gasteiger charge is 2.24. The molecule has 5 aromatic heterocycles. The average Bonchev–Trinajstić information content (AvgIpc) is 1.58. The van der Waals surface area contributed by atoms with Gasteiger partial charge in [0.15, 0.2) is 0 Å². The van der Waals surface area contributed by atoms with Gasteiger partial charge in [-0.15, -0.1) is 22.7 Å². The minimum absolute atomic E-state index is 0.672. The molecule has 22 aromatic carbocycles. The average molecular weight is 1980 g/mol. The van der Waals surface area contributed by atoms with E-state index in [9.17, 15) is 0 Å². The fraction of sp³-hybridized carbons (Fsp3) is 0. The first-order valence-electron chi connectivity index (χ1n) is 48.0. The van der Waals surface area contributed by atoms with Crippen LogP contribution in [0.15, 0.2) is 537 Å². The Morgan fingerprint density at radius 2 is 0.448 bits per heavy atom. The van der Waals surface area contributed by atoms with Gasteiger partial charge in [0.25, 0.3) is 0 Å². The number of fused-ring (bicyclic) bond motifs is 15. The molecule has 0 aliphatic carbocycles. The Morgan fingerprint density at radius 3 is 0.903 bits per heavy atom. The third-order valence-corrected chi connectivity index (χ3v) is 29.7. The maximum Gasteiger partial charge on any atom is 0.136 e. The molecule has 0 bridgehead atoms. The number of anilines is 12. The van der Waals surface area contributed by atoms with Crippen LogP contribution < -0.4 is 19.6 Å². The summed E-state index contributed by atoms with van der Waals surface area (Å²) in [4.78, 5) is 9.15. The van der Waals surface area contributed by atoms with E-state index in [0.29, 0.717) is 10.0 Å². The van der Waals surface area contributed by atoms with Gasteiger partial charge in [0.2, 0.25) is 0 Å². The number of halogens is 4. The molecule has 0 saturated carbocycles. The number of furan rings is 2. The lowest BCUT2D eigenvalue weighted by molar-refractivity contribution is 0.668. The molecule has 7 nitrogen and oxygen atoms in total. The van der Waals surface area contributed by atoms with Gasteiger partial charge in [-0.25, -0.2) is 0 Å². The summed E-state index contributed by atoms with van der Waals surface area (Å²) in [6, 6.07) is 184. The predicted molar refractivity (Wildman–Crippen MR) is 621 cm³/mol. The fourth-order valence-electron chi connectivity index (χ4n) is 19.8. The smallest absolute Gasteiger partial charge is 0.136 e. The van der Waals surface area contributed by atoms with E-state index in [-0.39, 0.29) is 0 Å². The number of aromatic nitrogens is 1. The van der Waals surface area contributed by atoms with Crippen LogP contribution in [0.5, 0.6) is 0 Å². The Kier molecular flexibility index (Phi) is 25.1. The predicted octanol–water partition coefficient (Wildman–Crippen LogP) is 41.5. The molecule has 0 amide bonds. The first-order valence-corrected chi connectivity index (χ1v) is 51.2. The summed E-state index contributed by atoms with van der Waals surface area (Å²) in [6.45, 7) is 0. The van der Waals surface area contributed by atoms with Crippen LogP contribution in [-0.4, -0.2) is 4.57 Å². The summed E-state index contributed by atoms with van der Waals surface area (Å²) in [5, 5.41) is 14.7. The largest absolute Gasteiger partial charge is 0.456 e. The van der Waals surface area contributed by atoms with Crippen molar-refractivity contribution >= 4 is 243 Å². The van der Waals surface area contributed by atoms with Crippen molar-refractivity contribution in [3.63, 3.8) is 0 Å². The second kappa shape index (κ2) is 40.2. The summed E-state index contributed by atoms with van der Waals surface area (Å²) >= 11 is 28.8. The molecule has 692 valence electrons. The fourth-order valence-corrected chi connectivity index (χ4v) is 22.8. The zero-order valence-corrected chi connectivity index (χ0v) is 82.8. The van der Waals surface area contributed by atoms with E-state index in [1.807, 2.05) is 102 Å². The zero-order valence-electron chi connectivity index (χ0n) is 78.1. The van der Waals surface area contributed by atoms with Crippen LogP contribution in [0.3, 0.4) is 0 Å². The molecule has 0 unspecified atom stereocenters. The van der Waals surface area contributed by atoms with Crippen molar-refractivity contribution in [2.24, 2.45) is 0 Å². The molecule has 27 aromatic rings.